The molecule has 10 heteroatoms. The van der Waals surface area contributed by atoms with E-state index in [1.165, 1.54) is 0 Å². The molecule has 0 atom stereocenters. The monoisotopic (exact) mass is 409 g/mol. The smallest absolute Gasteiger partial charge is 0.549 e. The number of benzene rings is 1. The van der Waals surface area contributed by atoms with Gasteiger partial charge in [0, 0.05) is 5.75 Å². The van der Waals surface area contributed by atoms with Crippen LogP contribution in [0.1, 0.15) is 25.3 Å². The maximum atomic E-state index is 10.9. The molecule has 0 spiro atoms. The number of hydrogen-bond acceptors (Lipinski definition) is 8. The normalized spacial score (nSPS) is 10.6. The van der Waals surface area contributed by atoms with Gasteiger partial charge in [0.2, 0.25) is 0 Å². The number of aliphatic carboxylic acids is 1. The third kappa shape index (κ3) is 5.60. The van der Waals surface area contributed by atoms with Crippen molar-refractivity contribution in [1.82, 2.24) is 19.5 Å². The largest absolute Gasteiger partial charge is 1.00 e. The number of fused-ring (bicyclic) bond motifs is 1. The fraction of sp³-hybridized carbons (Fsp3) is 0.333. The molecule has 8 nitrogen and oxygen atoms in total. The summed E-state index contributed by atoms with van der Waals surface area (Å²) in [5.74, 6) is -1.18. The van der Waals surface area contributed by atoms with Crippen LogP contribution in [-0.4, -0.2) is 37.8 Å². The number of aromatic nitrogens is 4. The van der Waals surface area contributed by atoms with E-state index in [0.29, 0.717) is 29.5 Å². The number of carbonyl (C=O) groups excluding carboxylic acids is 1. The average Bonchev–Trinajstić information content (AvgIpc) is 2.99. The van der Waals surface area contributed by atoms with Crippen LogP contribution in [0.5, 0.6) is 6.01 Å². The number of imidazole rings is 1. The predicted molar refractivity (Wildman–Crippen MR) is 101 cm³/mol. The molecule has 2 heterocycles. The Bertz CT molecular complexity index is 936. The number of carboxylic acids is 1. The maximum Gasteiger partial charge on any atom is 1.00 e. The topological polar surface area (TPSA) is 119 Å². The van der Waals surface area contributed by atoms with E-state index < -0.39 is 5.97 Å². The molecule has 2 N–H and O–H groups in total. The Hall–Kier alpha value is -1.81. The van der Waals surface area contributed by atoms with Gasteiger partial charge in [-0.25, -0.2) is 4.98 Å². The van der Waals surface area contributed by atoms with Crippen molar-refractivity contribution >= 4 is 34.7 Å². The molecule has 0 radical (unpaired) electrons. The summed E-state index contributed by atoms with van der Waals surface area (Å²) < 4.78 is 7.42. The van der Waals surface area contributed by atoms with Crippen LogP contribution in [0.25, 0.3) is 11.2 Å². The van der Waals surface area contributed by atoms with Gasteiger partial charge in [0.15, 0.2) is 22.1 Å². The van der Waals surface area contributed by atoms with Gasteiger partial charge in [0.25, 0.3) is 0 Å². The summed E-state index contributed by atoms with van der Waals surface area (Å²) in [6, 6.07) is 9.95. The Labute approximate surface area is 189 Å². The van der Waals surface area contributed by atoms with Crippen molar-refractivity contribution in [2.45, 2.75) is 31.5 Å². The van der Waals surface area contributed by atoms with Crippen LogP contribution in [0.15, 0.2) is 35.5 Å². The fourth-order valence-corrected chi connectivity index (χ4v) is 3.21. The number of ether oxygens (including phenoxy) is 1. The molecule has 0 fully saturated rings. The molecule has 0 saturated carbocycles. The van der Waals surface area contributed by atoms with Gasteiger partial charge < -0.3 is 20.4 Å². The number of carbonyl (C=O) groups is 1. The first kappa shape index (κ1) is 22.5. The first-order valence-electron chi connectivity index (χ1n) is 8.61. The zero-order valence-electron chi connectivity index (χ0n) is 15.9. The second kappa shape index (κ2) is 10.7. The zero-order valence-corrected chi connectivity index (χ0v) is 18.7. The summed E-state index contributed by atoms with van der Waals surface area (Å²) >= 11 is 1.06. The quantitative estimate of drug-likeness (QED) is 0.257. The van der Waals surface area contributed by atoms with Crippen LogP contribution >= 0.6 is 11.8 Å². The standard InChI is InChI=1S/C18H21N5O3S.Na/c1-2-3-9-26-17-21-15(19)14-16(22-17)23(10-12-7-5-4-6-8-12)18(20-14)27-11-13(24)25;/h4-8H,2-3,9-11H2,1H3,(H,24,25)(H2,19,21,22);/q;+1/p-1. The van der Waals surface area contributed by atoms with Crippen LogP contribution in [0.4, 0.5) is 5.82 Å². The molecule has 0 saturated heterocycles. The van der Waals surface area contributed by atoms with Gasteiger partial charge >= 0.3 is 35.6 Å². The predicted octanol–water partition coefficient (Wildman–Crippen LogP) is -1.52. The Kier molecular flexibility index (Phi) is 8.56. The van der Waals surface area contributed by atoms with Crippen molar-refractivity contribution in [3.8, 4) is 6.01 Å². The number of nitrogen functional groups attached to an aromatic ring is 1. The van der Waals surface area contributed by atoms with E-state index in [1.807, 2.05) is 34.9 Å². The van der Waals surface area contributed by atoms with Crippen LogP contribution in [-0.2, 0) is 11.3 Å². The number of rotatable bonds is 9. The van der Waals surface area contributed by atoms with Gasteiger partial charge in [0.05, 0.1) is 19.1 Å². The SMILES string of the molecule is CCCCOc1nc(N)c2nc(SCC(=O)[O-])n(Cc3ccccc3)c2n1.[Na+]. The summed E-state index contributed by atoms with van der Waals surface area (Å²) in [5.41, 5.74) is 8.01. The van der Waals surface area contributed by atoms with Crippen LogP contribution in [0.2, 0.25) is 0 Å². The summed E-state index contributed by atoms with van der Waals surface area (Å²) in [6.07, 6.45) is 1.88. The Morgan fingerprint density at radius 3 is 2.68 bits per heavy atom. The fourth-order valence-electron chi connectivity index (χ4n) is 2.50. The number of nitrogens with two attached hydrogens (primary N) is 1. The van der Waals surface area contributed by atoms with Gasteiger partial charge in [-0.3, -0.25) is 4.57 Å². The number of nitrogens with zero attached hydrogens (tertiary/aromatic N) is 4. The minimum absolute atomic E-state index is 0. The molecule has 2 aromatic heterocycles. The Balaban J connectivity index is 0.00000280. The van der Waals surface area contributed by atoms with Gasteiger partial charge in [0.1, 0.15) is 0 Å². The first-order chi connectivity index (χ1) is 13.1. The molecule has 0 unspecified atom stereocenters. The summed E-state index contributed by atoms with van der Waals surface area (Å²) in [6.45, 7) is 3.04. The van der Waals surface area contributed by atoms with Gasteiger partial charge in [-0.15, -0.1) is 0 Å². The minimum Gasteiger partial charge on any atom is -0.549 e. The van der Waals surface area contributed by atoms with E-state index in [-0.39, 0.29) is 47.1 Å². The van der Waals surface area contributed by atoms with E-state index in [0.717, 1.165) is 30.2 Å². The summed E-state index contributed by atoms with van der Waals surface area (Å²) in [4.78, 5) is 24.0. The second-order valence-electron chi connectivity index (χ2n) is 5.89. The number of anilines is 1. The van der Waals surface area contributed by atoms with Gasteiger partial charge in [-0.1, -0.05) is 55.4 Å². The molecule has 0 aliphatic rings. The molecule has 3 rings (SSSR count). The number of hydrogen-bond donors (Lipinski definition) is 1. The van der Waals surface area contributed by atoms with Gasteiger partial charge in [-0.2, -0.15) is 9.97 Å². The van der Waals surface area contributed by atoms with Crippen molar-refractivity contribution in [2.75, 3.05) is 18.1 Å². The number of unbranched alkanes of at least 4 members (excludes halogenated alkanes) is 1. The molecule has 1 aromatic carbocycles. The number of carboxylic acid groups (broad SMARTS) is 1. The average molecular weight is 409 g/mol. The molecule has 142 valence electrons. The number of thioether (sulfide) groups is 1. The Morgan fingerprint density at radius 1 is 1.25 bits per heavy atom. The van der Waals surface area contributed by atoms with Crippen LogP contribution in [0.3, 0.4) is 0 Å². The molecule has 0 bridgehead atoms. The summed E-state index contributed by atoms with van der Waals surface area (Å²) in [7, 11) is 0. The van der Waals surface area contributed by atoms with Crippen molar-refractivity contribution in [1.29, 1.82) is 0 Å². The van der Waals surface area contributed by atoms with Crippen molar-refractivity contribution in [2.24, 2.45) is 0 Å². The van der Waals surface area contributed by atoms with Crippen molar-refractivity contribution in [3.05, 3.63) is 35.9 Å². The molecule has 0 amide bonds. The molecule has 28 heavy (non-hydrogen) atoms. The first-order valence-corrected chi connectivity index (χ1v) is 9.60. The van der Waals surface area contributed by atoms with Crippen LogP contribution < -0.4 is 45.1 Å². The molecule has 0 aliphatic carbocycles. The van der Waals surface area contributed by atoms with E-state index in [4.69, 9.17) is 10.5 Å². The van der Waals surface area contributed by atoms with E-state index in [9.17, 15) is 9.90 Å². The van der Waals surface area contributed by atoms with Crippen LogP contribution in [0, 0.1) is 0 Å². The van der Waals surface area contributed by atoms with E-state index in [1.54, 1.807) is 0 Å². The molecular weight excluding hydrogens is 389 g/mol. The summed E-state index contributed by atoms with van der Waals surface area (Å²) in [5, 5.41) is 11.4. The Morgan fingerprint density at radius 2 is 2.00 bits per heavy atom. The van der Waals surface area contributed by atoms with Gasteiger partial charge in [-0.05, 0) is 12.0 Å². The molecular formula is C18H20N5NaO3S. The second-order valence-corrected chi connectivity index (χ2v) is 6.83. The minimum atomic E-state index is -1.17. The van der Waals surface area contributed by atoms with Crippen molar-refractivity contribution in [3.63, 3.8) is 0 Å². The van der Waals surface area contributed by atoms with E-state index in [2.05, 4.69) is 21.9 Å². The third-order valence-corrected chi connectivity index (χ3v) is 4.75. The molecule has 3 aromatic rings. The third-order valence-electron chi connectivity index (χ3n) is 3.80. The molecule has 0 aliphatic heterocycles. The van der Waals surface area contributed by atoms with E-state index >= 15 is 0 Å². The van der Waals surface area contributed by atoms with Crippen molar-refractivity contribution < 1.29 is 44.2 Å². The maximum absolute atomic E-state index is 10.9. The zero-order chi connectivity index (χ0) is 19.2.